The highest BCUT2D eigenvalue weighted by Crippen LogP contribution is 2.21. The van der Waals surface area contributed by atoms with Crippen molar-refractivity contribution in [3.63, 3.8) is 0 Å². The van der Waals surface area contributed by atoms with Crippen molar-refractivity contribution in [3.8, 4) is 5.75 Å². The second kappa shape index (κ2) is 8.75. The van der Waals surface area contributed by atoms with Gasteiger partial charge in [-0.1, -0.05) is 0 Å². The van der Waals surface area contributed by atoms with Crippen LogP contribution in [0.2, 0.25) is 0 Å². The molecule has 1 aromatic carbocycles. The number of hydrogen-bond donors (Lipinski definition) is 2. The lowest BCUT2D eigenvalue weighted by Gasteiger charge is -2.36. The number of hydrazine groups is 1. The van der Waals surface area contributed by atoms with Crippen molar-refractivity contribution in [1.82, 2.24) is 15.8 Å². The van der Waals surface area contributed by atoms with Crippen molar-refractivity contribution in [3.05, 3.63) is 29.8 Å². The minimum atomic E-state index is -0.737. The van der Waals surface area contributed by atoms with Crippen LogP contribution in [-0.4, -0.2) is 55.8 Å². The molecule has 0 aromatic heterocycles. The van der Waals surface area contributed by atoms with Gasteiger partial charge in [0, 0.05) is 19.7 Å². The number of amides is 1. The summed E-state index contributed by atoms with van der Waals surface area (Å²) in [5.41, 5.74) is 6.03. The summed E-state index contributed by atoms with van der Waals surface area (Å²) in [4.78, 5) is 14.7. The predicted molar refractivity (Wildman–Crippen MR) is 91.5 cm³/mol. The van der Waals surface area contributed by atoms with Crippen LogP contribution in [0.25, 0.3) is 0 Å². The third-order valence-electron chi connectivity index (χ3n) is 4.88. The van der Waals surface area contributed by atoms with Gasteiger partial charge in [0.2, 0.25) is 5.91 Å². The van der Waals surface area contributed by atoms with E-state index in [2.05, 4.69) is 10.9 Å². The number of nitrogens with zero attached hydrogens (tertiary/aromatic N) is 1. The lowest BCUT2D eigenvalue weighted by molar-refractivity contribution is -0.138. The molecular formula is C18H25F2N3O3. The summed E-state index contributed by atoms with van der Waals surface area (Å²) < 4.78 is 37.2. The molecule has 2 saturated heterocycles. The summed E-state index contributed by atoms with van der Waals surface area (Å²) in [6, 6.07) is 2.83. The van der Waals surface area contributed by atoms with Crippen LogP contribution < -0.4 is 15.6 Å². The Kier molecular flexibility index (Phi) is 6.39. The van der Waals surface area contributed by atoms with Crippen molar-refractivity contribution in [2.45, 2.75) is 43.8 Å². The Labute approximate surface area is 151 Å². The SMILES string of the molecule is COCC1CCCCN1C(=O)C1CC(COc2ccc(F)cc2F)NN1. The van der Waals surface area contributed by atoms with Gasteiger partial charge in [0.15, 0.2) is 11.6 Å². The fourth-order valence-corrected chi connectivity index (χ4v) is 3.53. The minimum absolute atomic E-state index is 0.000773. The van der Waals surface area contributed by atoms with Gasteiger partial charge in [-0.15, -0.1) is 0 Å². The maximum atomic E-state index is 13.6. The predicted octanol–water partition coefficient (Wildman–Crippen LogP) is 1.61. The van der Waals surface area contributed by atoms with Gasteiger partial charge in [0.05, 0.1) is 18.7 Å². The second-order valence-corrected chi connectivity index (χ2v) is 6.80. The number of likely N-dealkylation sites (tertiary alicyclic amines) is 1. The average Bonchev–Trinajstić information content (AvgIpc) is 3.10. The standard InChI is InChI=1S/C18H25F2N3O3/c1-25-11-14-4-2-3-7-23(14)18(24)16-9-13(21-22-16)10-26-17-6-5-12(19)8-15(17)20/h5-6,8,13-14,16,21-22H,2-4,7,9-11H2,1H3. The highest BCUT2D eigenvalue weighted by Gasteiger charge is 2.36. The number of carbonyl (C=O) groups is 1. The Hall–Kier alpha value is -1.77. The van der Waals surface area contributed by atoms with Crippen LogP contribution in [0.1, 0.15) is 25.7 Å². The van der Waals surface area contributed by atoms with Crippen LogP contribution in [0.4, 0.5) is 8.78 Å². The highest BCUT2D eigenvalue weighted by atomic mass is 19.1. The van der Waals surface area contributed by atoms with Crippen LogP contribution in [0.15, 0.2) is 18.2 Å². The fourth-order valence-electron chi connectivity index (χ4n) is 3.53. The van der Waals surface area contributed by atoms with E-state index in [1.54, 1.807) is 7.11 Å². The lowest BCUT2D eigenvalue weighted by atomic mass is 10.0. The van der Waals surface area contributed by atoms with Crippen molar-refractivity contribution < 1.29 is 23.0 Å². The van der Waals surface area contributed by atoms with Gasteiger partial charge in [-0.3, -0.25) is 10.2 Å². The molecule has 0 aliphatic carbocycles. The number of hydrogen-bond acceptors (Lipinski definition) is 5. The summed E-state index contributed by atoms with van der Waals surface area (Å²) in [5.74, 6) is -1.33. The zero-order chi connectivity index (χ0) is 18.5. The van der Waals surface area contributed by atoms with E-state index in [4.69, 9.17) is 9.47 Å². The molecule has 6 nitrogen and oxygen atoms in total. The van der Waals surface area contributed by atoms with Gasteiger partial charge in [-0.2, -0.15) is 0 Å². The lowest BCUT2D eigenvalue weighted by Crippen LogP contribution is -2.52. The van der Waals surface area contributed by atoms with Gasteiger partial charge in [-0.05, 0) is 37.8 Å². The first-order chi connectivity index (χ1) is 12.6. The molecule has 1 aromatic rings. The molecule has 0 spiro atoms. The smallest absolute Gasteiger partial charge is 0.241 e. The van der Waals surface area contributed by atoms with Crippen molar-refractivity contribution in [2.24, 2.45) is 0 Å². The second-order valence-electron chi connectivity index (χ2n) is 6.80. The van der Waals surface area contributed by atoms with Gasteiger partial charge < -0.3 is 14.4 Å². The van der Waals surface area contributed by atoms with Crippen molar-refractivity contribution in [2.75, 3.05) is 26.9 Å². The zero-order valence-corrected chi connectivity index (χ0v) is 14.8. The minimum Gasteiger partial charge on any atom is -0.489 e. The molecule has 26 heavy (non-hydrogen) atoms. The number of piperidine rings is 1. The molecule has 8 heteroatoms. The number of rotatable bonds is 6. The molecule has 2 aliphatic rings. The Morgan fingerprint density at radius 3 is 2.88 bits per heavy atom. The van der Waals surface area contributed by atoms with Gasteiger partial charge >= 0.3 is 0 Å². The van der Waals surface area contributed by atoms with Gasteiger partial charge in [0.25, 0.3) is 0 Å². The normalized spacial score (nSPS) is 26.1. The molecule has 2 fully saturated rings. The molecule has 0 saturated carbocycles. The van der Waals surface area contributed by atoms with Crippen LogP contribution in [0.3, 0.4) is 0 Å². The number of ether oxygens (including phenoxy) is 2. The summed E-state index contributed by atoms with van der Waals surface area (Å²) >= 11 is 0. The topological polar surface area (TPSA) is 62.8 Å². The summed E-state index contributed by atoms with van der Waals surface area (Å²) in [5, 5.41) is 0. The van der Waals surface area contributed by atoms with Crippen LogP contribution >= 0.6 is 0 Å². The fraction of sp³-hybridized carbons (Fsp3) is 0.611. The Morgan fingerprint density at radius 1 is 1.27 bits per heavy atom. The number of benzene rings is 1. The molecule has 2 heterocycles. The maximum absolute atomic E-state index is 13.6. The van der Waals surface area contributed by atoms with Crippen LogP contribution in [0.5, 0.6) is 5.75 Å². The van der Waals surface area contributed by atoms with E-state index in [-0.39, 0.29) is 36.4 Å². The number of halogens is 2. The van der Waals surface area contributed by atoms with E-state index in [9.17, 15) is 13.6 Å². The number of methoxy groups -OCH3 is 1. The van der Waals surface area contributed by atoms with Crippen molar-refractivity contribution >= 4 is 5.91 Å². The van der Waals surface area contributed by atoms with Gasteiger partial charge in [0.1, 0.15) is 18.5 Å². The first-order valence-corrected chi connectivity index (χ1v) is 8.97. The van der Waals surface area contributed by atoms with Crippen LogP contribution in [-0.2, 0) is 9.53 Å². The Morgan fingerprint density at radius 2 is 2.12 bits per heavy atom. The zero-order valence-electron chi connectivity index (χ0n) is 14.8. The quantitative estimate of drug-likeness (QED) is 0.798. The van der Waals surface area contributed by atoms with E-state index in [1.165, 1.54) is 6.07 Å². The first-order valence-electron chi connectivity index (χ1n) is 8.97. The molecule has 3 unspecified atom stereocenters. The Bertz CT molecular complexity index is 630. The van der Waals surface area contributed by atoms with E-state index in [0.29, 0.717) is 13.0 Å². The first kappa shape index (κ1) is 19.0. The third-order valence-corrected chi connectivity index (χ3v) is 4.88. The molecule has 2 N–H and O–H groups in total. The molecule has 3 atom stereocenters. The number of carbonyl (C=O) groups excluding carboxylic acids is 1. The molecule has 144 valence electrons. The summed E-state index contributed by atoms with van der Waals surface area (Å²) in [6.45, 7) is 1.47. The molecular weight excluding hydrogens is 344 g/mol. The van der Waals surface area contributed by atoms with Crippen LogP contribution in [0, 0.1) is 11.6 Å². The third kappa shape index (κ3) is 4.49. The summed E-state index contributed by atoms with van der Waals surface area (Å²) in [6.07, 6.45) is 3.60. The molecule has 0 radical (unpaired) electrons. The average molecular weight is 369 g/mol. The molecule has 3 rings (SSSR count). The van der Waals surface area contributed by atoms with E-state index >= 15 is 0 Å². The highest BCUT2D eigenvalue weighted by molar-refractivity contribution is 5.82. The Balaban J connectivity index is 1.52. The molecule has 1 amide bonds. The monoisotopic (exact) mass is 369 g/mol. The van der Waals surface area contributed by atoms with E-state index < -0.39 is 11.6 Å². The van der Waals surface area contributed by atoms with Gasteiger partial charge in [-0.25, -0.2) is 14.2 Å². The molecule has 2 aliphatic heterocycles. The van der Waals surface area contributed by atoms with Crippen molar-refractivity contribution in [1.29, 1.82) is 0 Å². The number of nitrogens with one attached hydrogen (secondary N) is 2. The molecule has 0 bridgehead atoms. The maximum Gasteiger partial charge on any atom is 0.241 e. The summed E-state index contributed by atoms with van der Waals surface area (Å²) in [7, 11) is 1.65. The van der Waals surface area contributed by atoms with E-state index in [0.717, 1.165) is 37.9 Å². The largest absolute Gasteiger partial charge is 0.489 e. The van der Waals surface area contributed by atoms with E-state index in [1.807, 2.05) is 4.90 Å².